The minimum absolute atomic E-state index is 0.141. The Kier molecular flexibility index (Phi) is 5.10. The summed E-state index contributed by atoms with van der Waals surface area (Å²) in [5.41, 5.74) is -0.436. The van der Waals surface area contributed by atoms with Gasteiger partial charge in [0.15, 0.2) is 17.4 Å². The zero-order valence-corrected chi connectivity index (χ0v) is 12.5. The van der Waals surface area contributed by atoms with Crippen LogP contribution in [0.25, 0.3) is 0 Å². The van der Waals surface area contributed by atoms with Crippen LogP contribution in [-0.4, -0.2) is 20.8 Å². The quantitative estimate of drug-likeness (QED) is 0.907. The van der Waals surface area contributed by atoms with Crippen molar-refractivity contribution in [3.63, 3.8) is 0 Å². The average Bonchev–Trinajstić information content (AvgIpc) is 2.23. The SMILES string of the molecule is CC(C)(C)C(COc1c(F)cccc1F)CS(N)(=O)=O. The molecule has 0 radical (unpaired) electrons. The average molecular weight is 307 g/mol. The summed E-state index contributed by atoms with van der Waals surface area (Å²) in [6, 6.07) is 3.37. The first-order valence-corrected chi connectivity index (χ1v) is 7.79. The highest BCUT2D eigenvalue weighted by molar-refractivity contribution is 7.89. The van der Waals surface area contributed by atoms with E-state index >= 15 is 0 Å². The van der Waals surface area contributed by atoms with Crippen molar-refractivity contribution in [1.82, 2.24) is 0 Å². The van der Waals surface area contributed by atoms with Gasteiger partial charge in [0, 0.05) is 5.92 Å². The van der Waals surface area contributed by atoms with Crippen molar-refractivity contribution in [2.45, 2.75) is 20.8 Å². The molecule has 7 heteroatoms. The van der Waals surface area contributed by atoms with Crippen molar-refractivity contribution < 1.29 is 21.9 Å². The monoisotopic (exact) mass is 307 g/mol. The molecule has 1 atom stereocenters. The molecule has 114 valence electrons. The van der Waals surface area contributed by atoms with Crippen LogP contribution in [0.5, 0.6) is 5.75 Å². The molecule has 4 nitrogen and oxygen atoms in total. The summed E-state index contributed by atoms with van der Waals surface area (Å²) < 4.78 is 54.4. The molecule has 0 amide bonds. The predicted octanol–water partition coefficient (Wildman–Crippen LogP) is 2.29. The molecule has 0 bridgehead atoms. The molecule has 0 aromatic heterocycles. The number of benzene rings is 1. The van der Waals surface area contributed by atoms with Crippen molar-refractivity contribution >= 4 is 10.0 Å². The van der Waals surface area contributed by atoms with Crippen molar-refractivity contribution in [3.8, 4) is 5.75 Å². The van der Waals surface area contributed by atoms with Gasteiger partial charge in [0.05, 0.1) is 12.4 Å². The van der Waals surface area contributed by atoms with E-state index in [2.05, 4.69) is 0 Å². The van der Waals surface area contributed by atoms with Crippen LogP contribution >= 0.6 is 0 Å². The Balaban J connectivity index is 2.87. The van der Waals surface area contributed by atoms with Crippen LogP contribution in [0.3, 0.4) is 0 Å². The number of ether oxygens (including phenoxy) is 1. The van der Waals surface area contributed by atoms with Crippen LogP contribution in [-0.2, 0) is 10.0 Å². The fraction of sp³-hybridized carbons (Fsp3) is 0.538. The third-order valence-electron chi connectivity index (χ3n) is 3.01. The van der Waals surface area contributed by atoms with Crippen molar-refractivity contribution in [2.75, 3.05) is 12.4 Å². The number of rotatable bonds is 5. The molecule has 0 saturated heterocycles. The summed E-state index contributed by atoms with van der Waals surface area (Å²) in [6.45, 7) is 5.29. The zero-order valence-electron chi connectivity index (χ0n) is 11.7. The number of hydrogen-bond donors (Lipinski definition) is 1. The van der Waals surface area contributed by atoms with E-state index in [9.17, 15) is 17.2 Å². The first kappa shape index (κ1) is 16.8. The highest BCUT2D eigenvalue weighted by atomic mass is 32.2. The van der Waals surface area contributed by atoms with Gasteiger partial charge in [-0.2, -0.15) is 0 Å². The number of halogens is 2. The van der Waals surface area contributed by atoms with Crippen molar-refractivity contribution in [3.05, 3.63) is 29.8 Å². The Hall–Kier alpha value is -1.21. The van der Waals surface area contributed by atoms with E-state index in [1.54, 1.807) is 0 Å². The number of hydrogen-bond acceptors (Lipinski definition) is 3. The minimum atomic E-state index is -3.70. The van der Waals surface area contributed by atoms with Gasteiger partial charge in [-0.1, -0.05) is 26.8 Å². The molecule has 1 aromatic carbocycles. The summed E-state index contributed by atoms with van der Waals surface area (Å²) in [7, 11) is -3.70. The molecule has 0 aliphatic carbocycles. The van der Waals surface area contributed by atoms with Gasteiger partial charge < -0.3 is 4.74 Å². The normalized spacial score (nSPS) is 14.1. The van der Waals surface area contributed by atoms with Crippen molar-refractivity contribution in [2.24, 2.45) is 16.5 Å². The summed E-state index contributed by atoms with van der Waals surface area (Å²) >= 11 is 0. The van der Waals surface area contributed by atoms with Crippen LogP contribution in [0.15, 0.2) is 18.2 Å². The van der Waals surface area contributed by atoms with Gasteiger partial charge in [0.2, 0.25) is 10.0 Å². The molecule has 1 unspecified atom stereocenters. The largest absolute Gasteiger partial charge is 0.487 e. The molecule has 0 aliphatic heterocycles. The minimum Gasteiger partial charge on any atom is -0.487 e. The molecule has 1 rings (SSSR count). The Morgan fingerprint density at radius 2 is 1.75 bits per heavy atom. The highest BCUT2D eigenvalue weighted by Crippen LogP contribution is 2.29. The molecule has 1 aromatic rings. The lowest BCUT2D eigenvalue weighted by Crippen LogP contribution is -2.35. The first-order valence-electron chi connectivity index (χ1n) is 6.08. The lowest BCUT2D eigenvalue weighted by atomic mass is 9.82. The number of para-hydroxylation sites is 1. The lowest BCUT2D eigenvalue weighted by molar-refractivity contribution is 0.154. The fourth-order valence-electron chi connectivity index (χ4n) is 1.63. The highest BCUT2D eigenvalue weighted by Gasteiger charge is 2.29. The summed E-state index contributed by atoms with van der Waals surface area (Å²) in [4.78, 5) is 0. The van der Waals surface area contributed by atoms with E-state index < -0.39 is 38.7 Å². The third-order valence-corrected chi connectivity index (χ3v) is 3.87. The van der Waals surface area contributed by atoms with Crippen LogP contribution < -0.4 is 9.88 Å². The molecule has 0 spiro atoms. The zero-order chi connectivity index (χ0) is 15.6. The molecular formula is C13H19F2NO3S. The second-order valence-corrected chi connectivity index (χ2v) is 7.41. The van der Waals surface area contributed by atoms with Crippen LogP contribution in [0.4, 0.5) is 8.78 Å². The van der Waals surface area contributed by atoms with Crippen molar-refractivity contribution in [1.29, 1.82) is 0 Å². The lowest BCUT2D eigenvalue weighted by Gasteiger charge is -2.29. The molecule has 20 heavy (non-hydrogen) atoms. The van der Waals surface area contributed by atoms with E-state index in [4.69, 9.17) is 9.88 Å². The molecule has 0 aliphatic rings. The summed E-state index contributed by atoms with van der Waals surface area (Å²) in [5.74, 6) is -2.96. The fourth-order valence-corrected chi connectivity index (χ4v) is 2.79. The maximum absolute atomic E-state index is 13.4. The molecule has 0 heterocycles. The number of sulfonamides is 1. The second-order valence-electron chi connectivity index (χ2n) is 5.75. The molecule has 2 N–H and O–H groups in total. The first-order chi connectivity index (χ1) is 9.00. The van der Waals surface area contributed by atoms with Gasteiger partial charge in [0.25, 0.3) is 0 Å². The predicted molar refractivity (Wildman–Crippen MR) is 72.8 cm³/mol. The van der Waals surface area contributed by atoms with E-state index in [-0.39, 0.29) is 12.4 Å². The standard InChI is InChI=1S/C13H19F2NO3S/c1-13(2,3)9(8-20(16,17)18)7-19-12-10(14)5-4-6-11(12)15/h4-6,9H,7-8H2,1-3H3,(H2,16,17,18). The second kappa shape index (κ2) is 6.05. The van der Waals surface area contributed by atoms with Crippen LogP contribution in [0.1, 0.15) is 20.8 Å². The molecule has 0 saturated carbocycles. The van der Waals surface area contributed by atoms with Gasteiger partial charge in [-0.15, -0.1) is 0 Å². The van der Waals surface area contributed by atoms with E-state index in [0.717, 1.165) is 12.1 Å². The van der Waals surface area contributed by atoms with Gasteiger partial charge in [0.1, 0.15) is 0 Å². The van der Waals surface area contributed by atoms with Gasteiger partial charge in [-0.3, -0.25) is 0 Å². The number of nitrogens with two attached hydrogens (primary N) is 1. The Morgan fingerprint density at radius 3 is 2.15 bits per heavy atom. The van der Waals surface area contributed by atoms with Crippen LogP contribution in [0.2, 0.25) is 0 Å². The summed E-state index contributed by atoms with van der Waals surface area (Å²) in [6.07, 6.45) is 0. The Bertz CT molecular complexity index is 547. The van der Waals surface area contributed by atoms with E-state index in [0.29, 0.717) is 0 Å². The third kappa shape index (κ3) is 5.05. The molecular weight excluding hydrogens is 288 g/mol. The maximum atomic E-state index is 13.4. The Labute approximate surface area is 118 Å². The number of primary sulfonamides is 1. The smallest absolute Gasteiger partial charge is 0.209 e. The topological polar surface area (TPSA) is 69.4 Å². The van der Waals surface area contributed by atoms with Gasteiger partial charge >= 0.3 is 0 Å². The Morgan fingerprint density at radius 1 is 1.25 bits per heavy atom. The van der Waals surface area contributed by atoms with E-state index in [1.165, 1.54) is 6.07 Å². The van der Waals surface area contributed by atoms with E-state index in [1.807, 2.05) is 20.8 Å². The van der Waals surface area contributed by atoms with Gasteiger partial charge in [-0.25, -0.2) is 22.3 Å². The maximum Gasteiger partial charge on any atom is 0.209 e. The molecule has 0 fully saturated rings. The summed E-state index contributed by atoms with van der Waals surface area (Å²) in [5, 5.41) is 5.03. The van der Waals surface area contributed by atoms with Gasteiger partial charge in [-0.05, 0) is 17.5 Å². The van der Waals surface area contributed by atoms with Crippen LogP contribution in [0, 0.1) is 23.0 Å².